The van der Waals surface area contributed by atoms with Crippen LogP contribution in [-0.4, -0.2) is 40.8 Å². The van der Waals surface area contributed by atoms with Gasteiger partial charge in [-0.05, 0) is 29.7 Å². The molecular weight excluding hydrogens is 376 g/mol. The van der Waals surface area contributed by atoms with Crippen LogP contribution in [0, 0.1) is 0 Å². The Morgan fingerprint density at radius 2 is 1.90 bits per heavy atom. The zero-order chi connectivity index (χ0) is 20.9. The van der Waals surface area contributed by atoms with E-state index in [-0.39, 0.29) is 11.8 Å². The number of aromatic nitrogens is 2. The lowest BCUT2D eigenvalue weighted by Crippen LogP contribution is -2.41. The van der Waals surface area contributed by atoms with Crippen molar-refractivity contribution in [1.82, 2.24) is 20.0 Å². The number of nitrogens with zero attached hydrogens (tertiary/aromatic N) is 3. The van der Waals surface area contributed by atoms with Crippen molar-refractivity contribution in [2.24, 2.45) is 7.05 Å². The number of ether oxygens (including phenoxy) is 1. The minimum atomic E-state index is -0.260. The molecule has 2 aromatic carbocycles. The Morgan fingerprint density at radius 3 is 2.63 bits per heavy atom. The molecule has 1 unspecified atom stereocenters. The summed E-state index contributed by atoms with van der Waals surface area (Å²) in [6.45, 7) is 2.93. The monoisotopic (exact) mass is 404 g/mol. The van der Waals surface area contributed by atoms with Gasteiger partial charge in [-0.3, -0.25) is 14.4 Å². The lowest BCUT2D eigenvalue weighted by molar-refractivity contribution is -0.123. The van der Waals surface area contributed by atoms with Gasteiger partial charge in [0.25, 0.3) is 0 Å². The Labute approximate surface area is 177 Å². The molecule has 3 aromatic rings. The molecule has 30 heavy (non-hydrogen) atoms. The number of methoxy groups -OCH3 is 1. The van der Waals surface area contributed by atoms with E-state index in [1.54, 1.807) is 7.11 Å². The third-order valence-electron chi connectivity index (χ3n) is 5.60. The first-order chi connectivity index (χ1) is 14.6. The number of amides is 1. The summed E-state index contributed by atoms with van der Waals surface area (Å²) in [7, 11) is 3.56. The lowest BCUT2D eigenvalue weighted by Gasteiger charge is -2.31. The Hall–Kier alpha value is -3.12. The van der Waals surface area contributed by atoms with E-state index in [4.69, 9.17) is 4.74 Å². The van der Waals surface area contributed by atoms with Crippen LogP contribution in [0.2, 0.25) is 0 Å². The highest BCUT2D eigenvalue weighted by Gasteiger charge is 2.33. The summed E-state index contributed by atoms with van der Waals surface area (Å²) in [5, 5.41) is 7.69. The number of nitrogens with one attached hydrogen (secondary N) is 1. The molecule has 0 radical (unpaired) electrons. The first-order valence-corrected chi connectivity index (χ1v) is 10.3. The Kier molecular flexibility index (Phi) is 6.14. The van der Waals surface area contributed by atoms with Crippen LogP contribution < -0.4 is 10.1 Å². The van der Waals surface area contributed by atoms with E-state index in [9.17, 15) is 4.79 Å². The maximum atomic E-state index is 13.1. The van der Waals surface area contributed by atoms with Gasteiger partial charge >= 0.3 is 0 Å². The number of hydrogen-bond donors (Lipinski definition) is 1. The summed E-state index contributed by atoms with van der Waals surface area (Å²) >= 11 is 0. The number of benzene rings is 2. The molecule has 2 heterocycles. The number of hydrogen-bond acceptors (Lipinski definition) is 4. The van der Waals surface area contributed by atoms with Crippen molar-refractivity contribution in [3.05, 3.63) is 83.2 Å². The molecule has 6 heteroatoms. The molecule has 1 aliphatic rings. The van der Waals surface area contributed by atoms with Crippen molar-refractivity contribution in [3.8, 4) is 5.75 Å². The van der Waals surface area contributed by atoms with Gasteiger partial charge in [0.05, 0.1) is 18.7 Å². The third-order valence-corrected chi connectivity index (χ3v) is 5.60. The lowest BCUT2D eigenvalue weighted by atomic mass is 9.95. The van der Waals surface area contributed by atoms with E-state index in [0.717, 1.165) is 42.1 Å². The van der Waals surface area contributed by atoms with E-state index in [1.165, 1.54) is 5.56 Å². The van der Waals surface area contributed by atoms with Crippen molar-refractivity contribution < 1.29 is 9.53 Å². The molecule has 0 saturated heterocycles. The summed E-state index contributed by atoms with van der Waals surface area (Å²) in [4.78, 5) is 15.4. The zero-order valence-corrected chi connectivity index (χ0v) is 17.5. The Bertz CT molecular complexity index is 982. The van der Waals surface area contributed by atoms with Crippen molar-refractivity contribution in [1.29, 1.82) is 0 Å². The molecule has 1 aliphatic heterocycles. The number of rotatable bonds is 7. The average molecular weight is 405 g/mol. The number of carbonyl (C=O) groups is 1. The fraction of sp³-hybridized carbons (Fsp3) is 0.333. The van der Waals surface area contributed by atoms with Crippen molar-refractivity contribution in [3.63, 3.8) is 0 Å². The maximum absolute atomic E-state index is 13.1. The van der Waals surface area contributed by atoms with Crippen LogP contribution >= 0.6 is 0 Å². The van der Waals surface area contributed by atoms with Gasteiger partial charge in [-0.25, -0.2) is 0 Å². The smallest absolute Gasteiger partial charge is 0.230 e. The van der Waals surface area contributed by atoms with Gasteiger partial charge < -0.3 is 10.1 Å². The Morgan fingerprint density at radius 1 is 1.13 bits per heavy atom. The SMILES string of the molecule is COc1ccc(CNC(=O)C2CN(CCc3ccccc3)Cc3cn(C)nc32)cc1. The van der Waals surface area contributed by atoms with E-state index < -0.39 is 0 Å². The fourth-order valence-corrected chi connectivity index (χ4v) is 3.99. The molecule has 1 N–H and O–H groups in total. The molecule has 4 rings (SSSR count). The minimum Gasteiger partial charge on any atom is -0.497 e. The zero-order valence-electron chi connectivity index (χ0n) is 17.5. The fourth-order valence-electron chi connectivity index (χ4n) is 3.99. The summed E-state index contributed by atoms with van der Waals surface area (Å²) < 4.78 is 7.01. The van der Waals surface area contributed by atoms with Crippen molar-refractivity contribution >= 4 is 5.91 Å². The molecule has 1 amide bonds. The topological polar surface area (TPSA) is 59.4 Å². The number of carbonyl (C=O) groups excluding carboxylic acids is 1. The summed E-state index contributed by atoms with van der Waals surface area (Å²) in [5.41, 5.74) is 4.40. The highest BCUT2D eigenvalue weighted by Crippen LogP contribution is 2.27. The van der Waals surface area contributed by atoms with Gasteiger partial charge in [0, 0.05) is 45.0 Å². The largest absolute Gasteiger partial charge is 0.497 e. The van der Waals surface area contributed by atoms with Crippen molar-refractivity contribution in [2.45, 2.75) is 25.4 Å². The number of aryl methyl sites for hydroxylation is 1. The predicted octanol–water partition coefficient (Wildman–Crippen LogP) is 2.89. The van der Waals surface area contributed by atoms with E-state index in [2.05, 4.69) is 39.6 Å². The number of fused-ring (bicyclic) bond motifs is 1. The van der Waals surface area contributed by atoms with Gasteiger partial charge in [0.1, 0.15) is 5.75 Å². The normalized spacial score (nSPS) is 16.1. The molecule has 1 aromatic heterocycles. The highest BCUT2D eigenvalue weighted by atomic mass is 16.5. The van der Waals surface area contributed by atoms with E-state index in [0.29, 0.717) is 13.1 Å². The molecule has 156 valence electrons. The van der Waals surface area contributed by atoms with Gasteiger partial charge in [0.15, 0.2) is 0 Å². The second-order valence-corrected chi connectivity index (χ2v) is 7.80. The molecule has 0 bridgehead atoms. The van der Waals surface area contributed by atoms with Gasteiger partial charge in [0.2, 0.25) is 5.91 Å². The minimum absolute atomic E-state index is 0.0233. The standard InChI is InChI=1S/C24H28N4O2/c1-27-15-20-16-28(13-12-18-6-4-3-5-7-18)17-22(23(20)26-27)24(29)25-14-19-8-10-21(30-2)11-9-19/h3-11,15,22H,12-14,16-17H2,1-2H3,(H,25,29). The molecule has 0 aliphatic carbocycles. The molecule has 0 saturated carbocycles. The van der Waals surface area contributed by atoms with Crippen LogP contribution in [0.5, 0.6) is 5.75 Å². The van der Waals surface area contributed by atoms with E-state index >= 15 is 0 Å². The third kappa shape index (κ3) is 4.71. The first kappa shape index (κ1) is 20.2. The first-order valence-electron chi connectivity index (χ1n) is 10.3. The highest BCUT2D eigenvalue weighted by molar-refractivity contribution is 5.84. The molecule has 6 nitrogen and oxygen atoms in total. The predicted molar refractivity (Wildman–Crippen MR) is 116 cm³/mol. The maximum Gasteiger partial charge on any atom is 0.230 e. The molecule has 0 spiro atoms. The Balaban J connectivity index is 1.42. The quantitative estimate of drug-likeness (QED) is 0.658. The summed E-state index contributed by atoms with van der Waals surface area (Å²) in [6, 6.07) is 18.2. The van der Waals surface area contributed by atoms with Crippen molar-refractivity contribution in [2.75, 3.05) is 20.2 Å². The van der Waals surface area contributed by atoms with Gasteiger partial charge in [-0.2, -0.15) is 5.10 Å². The summed E-state index contributed by atoms with van der Waals surface area (Å²) in [5.74, 6) is 0.573. The molecular formula is C24H28N4O2. The van der Waals surface area contributed by atoms with Crippen LogP contribution in [0.15, 0.2) is 60.8 Å². The second-order valence-electron chi connectivity index (χ2n) is 7.80. The van der Waals surface area contributed by atoms with Gasteiger partial charge in [-0.1, -0.05) is 42.5 Å². The second kappa shape index (κ2) is 9.13. The summed E-state index contributed by atoms with van der Waals surface area (Å²) in [6.07, 6.45) is 3.00. The van der Waals surface area contributed by atoms with E-state index in [1.807, 2.05) is 48.3 Å². The van der Waals surface area contributed by atoms with Gasteiger partial charge in [-0.15, -0.1) is 0 Å². The molecule has 0 fully saturated rings. The van der Waals surface area contributed by atoms with Crippen LogP contribution in [0.1, 0.15) is 28.3 Å². The molecule has 1 atom stereocenters. The van der Waals surface area contributed by atoms with Crippen LogP contribution in [-0.2, 0) is 31.4 Å². The van der Waals surface area contributed by atoms with Crippen LogP contribution in [0.25, 0.3) is 0 Å². The van der Waals surface area contributed by atoms with Crippen LogP contribution in [0.4, 0.5) is 0 Å². The average Bonchev–Trinajstić information content (AvgIpc) is 3.16. The van der Waals surface area contributed by atoms with Crippen LogP contribution in [0.3, 0.4) is 0 Å².